The summed E-state index contributed by atoms with van der Waals surface area (Å²) in [6.07, 6.45) is 3.21. The number of benzene rings is 1. The van der Waals surface area contributed by atoms with E-state index in [1.165, 1.54) is 0 Å². The van der Waals surface area contributed by atoms with Gasteiger partial charge in [-0.25, -0.2) is 4.98 Å². The summed E-state index contributed by atoms with van der Waals surface area (Å²) < 4.78 is 10.8. The van der Waals surface area contributed by atoms with Crippen LogP contribution >= 0.6 is 11.6 Å². The minimum atomic E-state index is 0.347. The molecule has 0 N–H and O–H groups in total. The van der Waals surface area contributed by atoms with E-state index in [0.29, 0.717) is 11.8 Å². The van der Waals surface area contributed by atoms with E-state index in [4.69, 9.17) is 20.4 Å². The average molecular weight is 234 g/mol. The number of fused-ring (bicyclic) bond motifs is 1. The SMILES string of the molecule is ClCc1coc(-c2coc3ccccc23)n1. The molecule has 0 radical (unpaired) electrons. The number of hydrogen-bond donors (Lipinski definition) is 0. The molecule has 3 aromatic rings. The van der Waals surface area contributed by atoms with Gasteiger partial charge in [-0.15, -0.1) is 11.6 Å². The molecular formula is C12H8ClNO2. The van der Waals surface area contributed by atoms with Gasteiger partial charge in [0, 0.05) is 5.39 Å². The van der Waals surface area contributed by atoms with E-state index in [9.17, 15) is 0 Å². The lowest BCUT2D eigenvalue weighted by Crippen LogP contribution is -1.78. The Hall–Kier alpha value is -1.74. The fourth-order valence-corrected chi connectivity index (χ4v) is 1.76. The molecule has 0 spiro atoms. The van der Waals surface area contributed by atoms with E-state index >= 15 is 0 Å². The van der Waals surface area contributed by atoms with Crippen LogP contribution in [0.1, 0.15) is 5.69 Å². The van der Waals surface area contributed by atoms with Crippen molar-refractivity contribution in [3.8, 4) is 11.5 Å². The van der Waals surface area contributed by atoms with Crippen LogP contribution in [0.25, 0.3) is 22.4 Å². The maximum Gasteiger partial charge on any atom is 0.230 e. The zero-order valence-corrected chi connectivity index (χ0v) is 9.07. The Morgan fingerprint density at radius 1 is 1.12 bits per heavy atom. The first-order chi connectivity index (χ1) is 7.88. The predicted molar refractivity (Wildman–Crippen MR) is 61.3 cm³/mol. The first-order valence-electron chi connectivity index (χ1n) is 4.85. The molecule has 3 rings (SSSR count). The van der Waals surface area contributed by atoms with Gasteiger partial charge >= 0.3 is 0 Å². The van der Waals surface area contributed by atoms with Crippen LogP contribution in [0.4, 0.5) is 0 Å². The summed E-state index contributed by atoms with van der Waals surface area (Å²) in [5.74, 6) is 0.889. The molecule has 0 aliphatic heterocycles. The summed E-state index contributed by atoms with van der Waals surface area (Å²) in [5.41, 5.74) is 2.40. The third-order valence-electron chi connectivity index (χ3n) is 2.40. The average Bonchev–Trinajstić information content (AvgIpc) is 2.94. The highest BCUT2D eigenvalue weighted by Gasteiger charge is 2.12. The number of halogens is 1. The van der Waals surface area contributed by atoms with Crippen LogP contribution in [0.2, 0.25) is 0 Å². The monoisotopic (exact) mass is 233 g/mol. The molecule has 1 aromatic carbocycles. The maximum atomic E-state index is 5.67. The smallest absolute Gasteiger partial charge is 0.230 e. The van der Waals surface area contributed by atoms with Crippen molar-refractivity contribution in [2.75, 3.05) is 0 Å². The van der Waals surface area contributed by atoms with Crippen LogP contribution in [0, 0.1) is 0 Å². The summed E-state index contributed by atoms with van der Waals surface area (Å²) >= 11 is 5.67. The zero-order chi connectivity index (χ0) is 11.0. The molecule has 0 amide bonds. The second kappa shape index (κ2) is 3.68. The van der Waals surface area contributed by atoms with Gasteiger partial charge in [0.15, 0.2) is 0 Å². The van der Waals surface area contributed by atoms with Gasteiger partial charge in [-0.2, -0.15) is 0 Å². The Morgan fingerprint density at radius 3 is 2.81 bits per heavy atom. The van der Waals surface area contributed by atoms with E-state index in [2.05, 4.69) is 4.98 Å². The summed E-state index contributed by atoms with van der Waals surface area (Å²) in [6.45, 7) is 0. The van der Waals surface area contributed by atoms with Crippen molar-refractivity contribution in [2.45, 2.75) is 5.88 Å². The molecular weight excluding hydrogens is 226 g/mol. The van der Waals surface area contributed by atoms with Crippen molar-refractivity contribution in [3.05, 3.63) is 42.5 Å². The highest BCUT2D eigenvalue weighted by molar-refractivity contribution is 6.16. The molecule has 2 heterocycles. The summed E-state index contributed by atoms with van der Waals surface area (Å²) in [4.78, 5) is 4.26. The minimum absolute atomic E-state index is 0.347. The van der Waals surface area contributed by atoms with Crippen LogP contribution in [0.5, 0.6) is 0 Å². The Kier molecular flexibility index (Phi) is 2.18. The third kappa shape index (κ3) is 1.41. The van der Waals surface area contributed by atoms with Gasteiger partial charge in [0.1, 0.15) is 18.1 Å². The summed E-state index contributed by atoms with van der Waals surface area (Å²) in [5, 5.41) is 0.991. The second-order valence-electron chi connectivity index (χ2n) is 3.42. The molecule has 4 heteroatoms. The molecule has 16 heavy (non-hydrogen) atoms. The van der Waals surface area contributed by atoms with Crippen molar-refractivity contribution in [1.82, 2.24) is 4.98 Å². The summed E-state index contributed by atoms with van der Waals surface area (Å²) in [7, 11) is 0. The van der Waals surface area contributed by atoms with Gasteiger partial charge in [-0.1, -0.05) is 18.2 Å². The molecule has 3 nitrogen and oxygen atoms in total. The van der Waals surface area contributed by atoms with Crippen molar-refractivity contribution in [3.63, 3.8) is 0 Å². The molecule has 0 atom stereocenters. The Labute approximate surface area is 96.6 Å². The van der Waals surface area contributed by atoms with E-state index in [1.54, 1.807) is 12.5 Å². The van der Waals surface area contributed by atoms with Crippen molar-refractivity contribution >= 4 is 22.6 Å². The molecule has 2 aromatic heterocycles. The first kappa shape index (κ1) is 9.48. The van der Waals surface area contributed by atoms with Crippen LogP contribution in [-0.4, -0.2) is 4.98 Å². The number of furan rings is 1. The lowest BCUT2D eigenvalue weighted by molar-refractivity contribution is 0.568. The van der Waals surface area contributed by atoms with Crippen LogP contribution in [0.15, 0.2) is 45.6 Å². The minimum Gasteiger partial charge on any atom is -0.463 e. The Balaban J connectivity index is 2.18. The Morgan fingerprint density at radius 2 is 2.00 bits per heavy atom. The van der Waals surface area contributed by atoms with E-state index < -0.39 is 0 Å². The number of alkyl halides is 1. The normalized spacial score (nSPS) is 11.1. The number of nitrogens with zero attached hydrogens (tertiary/aromatic N) is 1. The van der Waals surface area contributed by atoms with Crippen LogP contribution < -0.4 is 0 Å². The van der Waals surface area contributed by atoms with Crippen molar-refractivity contribution in [2.24, 2.45) is 0 Å². The van der Waals surface area contributed by atoms with Gasteiger partial charge in [0.2, 0.25) is 5.89 Å². The van der Waals surface area contributed by atoms with E-state index in [1.807, 2.05) is 24.3 Å². The van der Waals surface area contributed by atoms with Gasteiger partial charge < -0.3 is 8.83 Å². The fourth-order valence-electron chi connectivity index (χ4n) is 1.64. The number of rotatable bonds is 2. The molecule has 0 bridgehead atoms. The van der Waals surface area contributed by atoms with E-state index in [0.717, 1.165) is 22.2 Å². The Bertz CT molecular complexity index is 627. The van der Waals surface area contributed by atoms with Crippen molar-refractivity contribution in [1.29, 1.82) is 0 Å². The quantitative estimate of drug-likeness (QED) is 0.632. The fraction of sp³-hybridized carbons (Fsp3) is 0.0833. The van der Waals surface area contributed by atoms with Gasteiger partial charge in [0.25, 0.3) is 0 Å². The molecule has 0 saturated heterocycles. The lowest BCUT2D eigenvalue weighted by atomic mass is 10.2. The topological polar surface area (TPSA) is 39.2 Å². The standard InChI is InChI=1S/C12H8ClNO2/c13-5-8-6-16-12(14-8)10-7-15-11-4-2-1-3-9(10)11/h1-4,6-7H,5H2. The second-order valence-corrected chi connectivity index (χ2v) is 3.69. The van der Waals surface area contributed by atoms with Gasteiger partial charge in [-0.05, 0) is 6.07 Å². The lowest BCUT2D eigenvalue weighted by Gasteiger charge is -1.90. The molecule has 0 aliphatic carbocycles. The number of hydrogen-bond acceptors (Lipinski definition) is 3. The predicted octanol–water partition coefficient (Wildman–Crippen LogP) is 3.83. The van der Waals surface area contributed by atoms with Gasteiger partial charge in [0.05, 0.1) is 17.1 Å². The van der Waals surface area contributed by atoms with Crippen LogP contribution in [0.3, 0.4) is 0 Å². The molecule has 80 valence electrons. The van der Waals surface area contributed by atoms with Gasteiger partial charge in [-0.3, -0.25) is 0 Å². The first-order valence-corrected chi connectivity index (χ1v) is 5.39. The van der Waals surface area contributed by atoms with E-state index in [-0.39, 0.29) is 0 Å². The molecule has 0 saturated carbocycles. The molecule has 0 unspecified atom stereocenters. The zero-order valence-electron chi connectivity index (χ0n) is 8.31. The maximum absolute atomic E-state index is 5.67. The summed E-state index contributed by atoms with van der Waals surface area (Å²) in [6, 6.07) is 7.76. The van der Waals surface area contributed by atoms with Crippen LogP contribution in [-0.2, 0) is 5.88 Å². The molecule has 0 aliphatic rings. The highest BCUT2D eigenvalue weighted by atomic mass is 35.5. The number of para-hydroxylation sites is 1. The third-order valence-corrected chi connectivity index (χ3v) is 2.67. The largest absolute Gasteiger partial charge is 0.463 e. The number of oxazole rings is 1. The number of aromatic nitrogens is 1. The highest BCUT2D eigenvalue weighted by Crippen LogP contribution is 2.29. The van der Waals surface area contributed by atoms with Crippen molar-refractivity contribution < 1.29 is 8.83 Å². The molecule has 0 fully saturated rings.